The van der Waals surface area contributed by atoms with Gasteiger partial charge in [0.15, 0.2) is 0 Å². The maximum atomic E-state index is 11.6. The summed E-state index contributed by atoms with van der Waals surface area (Å²) in [6, 6.07) is 12.4. The molecular formula is C12H12N2O2. The molecule has 0 saturated carbocycles. The number of carbonyl (C=O) groups excluding carboxylic acids is 1. The zero-order valence-corrected chi connectivity index (χ0v) is 8.58. The number of hydrogen-bond acceptors (Lipinski definition) is 2. The van der Waals surface area contributed by atoms with Crippen molar-refractivity contribution in [3.63, 3.8) is 0 Å². The van der Waals surface area contributed by atoms with Crippen LogP contribution < -0.4 is 5.48 Å². The van der Waals surface area contributed by atoms with Gasteiger partial charge in [0.25, 0.3) is 5.91 Å². The number of amides is 1. The molecule has 0 saturated heterocycles. The second kappa shape index (κ2) is 4.63. The molecule has 1 aromatic carbocycles. The van der Waals surface area contributed by atoms with Crippen LogP contribution in [0, 0.1) is 0 Å². The summed E-state index contributed by atoms with van der Waals surface area (Å²) in [6.07, 6.45) is 3.57. The molecule has 0 spiro atoms. The molecule has 2 aromatic rings. The van der Waals surface area contributed by atoms with E-state index < -0.39 is 11.9 Å². The van der Waals surface area contributed by atoms with Crippen molar-refractivity contribution in [2.24, 2.45) is 0 Å². The van der Waals surface area contributed by atoms with Crippen molar-refractivity contribution in [2.75, 3.05) is 0 Å². The molecule has 1 amide bonds. The Kier molecular flexibility index (Phi) is 3.03. The molecule has 0 fully saturated rings. The van der Waals surface area contributed by atoms with Gasteiger partial charge in [-0.15, -0.1) is 0 Å². The topological polar surface area (TPSA) is 54.3 Å². The Bertz CT molecular complexity index is 451. The van der Waals surface area contributed by atoms with Crippen molar-refractivity contribution in [1.29, 1.82) is 0 Å². The monoisotopic (exact) mass is 216 g/mol. The lowest BCUT2D eigenvalue weighted by Gasteiger charge is -2.16. The van der Waals surface area contributed by atoms with E-state index in [4.69, 9.17) is 5.21 Å². The molecule has 0 aliphatic carbocycles. The first-order valence-electron chi connectivity index (χ1n) is 4.94. The van der Waals surface area contributed by atoms with Crippen LogP contribution in [0.2, 0.25) is 0 Å². The highest BCUT2D eigenvalue weighted by Gasteiger charge is 2.20. The molecule has 1 unspecified atom stereocenters. The van der Waals surface area contributed by atoms with Crippen LogP contribution in [-0.2, 0) is 4.79 Å². The quantitative estimate of drug-likeness (QED) is 0.604. The molecule has 2 rings (SSSR count). The van der Waals surface area contributed by atoms with Crippen molar-refractivity contribution in [3.8, 4) is 0 Å². The Morgan fingerprint density at radius 1 is 1.12 bits per heavy atom. The Balaban J connectivity index is 2.40. The predicted molar refractivity (Wildman–Crippen MR) is 58.9 cm³/mol. The first-order chi connectivity index (χ1) is 7.83. The van der Waals surface area contributed by atoms with Gasteiger partial charge in [-0.3, -0.25) is 10.0 Å². The molecular weight excluding hydrogens is 204 g/mol. The zero-order chi connectivity index (χ0) is 11.4. The normalized spacial score (nSPS) is 12.1. The van der Waals surface area contributed by atoms with Crippen LogP contribution in [0.4, 0.5) is 0 Å². The number of carbonyl (C=O) groups is 1. The molecule has 1 heterocycles. The van der Waals surface area contributed by atoms with Crippen LogP contribution in [0.5, 0.6) is 0 Å². The van der Waals surface area contributed by atoms with Gasteiger partial charge < -0.3 is 4.57 Å². The van der Waals surface area contributed by atoms with Crippen LogP contribution in [0.15, 0.2) is 54.9 Å². The summed E-state index contributed by atoms with van der Waals surface area (Å²) in [5.74, 6) is -0.456. The fraction of sp³-hybridized carbons (Fsp3) is 0.0833. The summed E-state index contributed by atoms with van der Waals surface area (Å²) in [4.78, 5) is 11.6. The van der Waals surface area contributed by atoms with Crippen LogP contribution in [0.1, 0.15) is 11.6 Å². The summed E-state index contributed by atoms with van der Waals surface area (Å²) < 4.78 is 1.74. The molecule has 16 heavy (non-hydrogen) atoms. The number of aromatic nitrogens is 1. The van der Waals surface area contributed by atoms with Crippen molar-refractivity contribution >= 4 is 5.91 Å². The van der Waals surface area contributed by atoms with Gasteiger partial charge in [0.05, 0.1) is 0 Å². The van der Waals surface area contributed by atoms with E-state index >= 15 is 0 Å². The van der Waals surface area contributed by atoms with Gasteiger partial charge in [0.2, 0.25) is 0 Å². The van der Waals surface area contributed by atoms with E-state index in [9.17, 15) is 4.79 Å². The first kappa shape index (κ1) is 10.4. The average Bonchev–Trinajstić information content (AvgIpc) is 2.84. The highest BCUT2D eigenvalue weighted by atomic mass is 16.5. The van der Waals surface area contributed by atoms with Crippen molar-refractivity contribution < 1.29 is 10.0 Å². The molecule has 0 bridgehead atoms. The summed E-state index contributed by atoms with van der Waals surface area (Å²) in [7, 11) is 0. The molecule has 0 radical (unpaired) electrons. The number of hydrogen-bond donors (Lipinski definition) is 2. The number of nitrogens with one attached hydrogen (secondary N) is 1. The van der Waals surface area contributed by atoms with Gasteiger partial charge in [0, 0.05) is 12.4 Å². The minimum atomic E-state index is -0.541. The Labute approximate surface area is 93.1 Å². The minimum Gasteiger partial charge on any atom is -0.338 e. The molecule has 0 aliphatic heterocycles. The third-order valence-corrected chi connectivity index (χ3v) is 2.40. The number of benzene rings is 1. The highest BCUT2D eigenvalue weighted by Crippen LogP contribution is 2.18. The third-order valence-electron chi connectivity index (χ3n) is 2.40. The molecule has 4 heteroatoms. The zero-order valence-electron chi connectivity index (χ0n) is 8.58. The van der Waals surface area contributed by atoms with E-state index in [1.54, 1.807) is 22.4 Å². The van der Waals surface area contributed by atoms with Gasteiger partial charge in [-0.05, 0) is 17.7 Å². The van der Waals surface area contributed by atoms with Crippen LogP contribution in [0.3, 0.4) is 0 Å². The van der Waals surface area contributed by atoms with Crippen molar-refractivity contribution in [3.05, 3.63) is 60.4 Å². The van der Waals surface area contributed by atoms with E-state index in [1.807, 2.05) is 42.5 Å². The van der Waals surface area contributed by atoms with Crippen LogP contribution in [0.25, 0.3) is 0 Å². The molecule has 0 aliphatic rings. The average molecular weight is 216 g/mol. The van der Waals surface area contributed by atoms with E-state index in [0.717, 1.165) is 5.56 Å². The lowest BCUT2D eigenvalue weighted by atomic mass is 10.1. The summed E-state index contributed by atoms with van der Waals surface area (Å²) in [5.41, 5.74) is 2.52. The third kappa shape index (κ3) is 1.97. The van der Waals surface area contributed by atoms with E-state index in [2.05, 4.69) is 0 Å². The van der Waals surface area contributed by atoms with E-state index in [-0.39, 0.29) is 0 Å². The van der Waals surface area contributed by atoms with Crippen molar-refractivity contribution in [1.82, 2.24) is 10.0 Å². The second-order valence-corrected chi connectivity index (χ2v) is 3.42. The Morgan fingerprint density at radius 3 is 2.31 bits per heavy atom. The fourth-order valence-electron chi connectivity index (χ4n) is 1.68. The van der Waals surface area contributed by atoms with Crippen LogP contribution >= 0.6 is 0 Å². The molecule has 1 atom stereocenters. The summed E-state index contributed by atoms with van der Waals surface area (Å²) in [5, 5.41) is 8.75. The standard InChI is InChI=1S/C12H12N2O2/c15-12(13-16)11(14-8-4-5-9-14)10-6-2-1-3-7-10/h1-9,11,16H,(H,13,15). The Hall–Kier alpha value is -2.07. The molecule has 1 aromatic heterocycles. The molecule has 2 N–H and O–H groups in total. The highest BCUT2D eigenvalue weighted by molar-refractivity contribution is 5.82. The number of hydroxylamine groups is 1. The summed E-state index contributed by atoms with van der Waals surface area (Å²) in [6.45, 7) is 0. The summed E-state index contributed by atoms with van der Waals surface area (Å²) >= 11 is 0. The maximum absolute atomic E-state index is 11.6. The van der Waals surface area contributed by atoms with Gasteiger partial charge in [0.1, 0.15) is 6.04 Å². The smallest absolute Gasteiger partial charge is 0.270 e. The first-order valence-corrected chi connectivity index (χ1v) is 4.94. The predicted octanol–water partition coefficient (Wildman–Crippen LogP) is 1.58. The SMILES string of the molecule is O=C(NO)C(c1ccccc1)n1cccc1. The van der Waals surface area contributed by atoms with Crippen LogP contribution in [-0.4, -0.2) is 15.7 Å². The molecule has 82 valence electrons. The van der Waals surface area contributed by atoms with Crippen molar-refractivity contribution in [2.45, 2.75) is 6.04 Å². The fourth-order valence-corrected chi connectivity index (χ4v) is 1.68. The lowest BCUT2D eigenvalue weighted by Crippen LogP contribution is -2.30. The van der Waals surface area contributed by atoms with E-state index in [1.165, 1.54) is 0 Å². The maximum Gasteiger partial charge on any atom is 0.270 e. The number of rotatable bonds is 3. The largest absolute Gasteiger partial charge is 0.338 e. The van der Waals surface area contributed by atoms with E-state index in [0.29, 0.717) is 0 Å². The second-order valence-electron chi connectivity index (χ2n) is 3.42. The Morgan fingerprint density at radius 2 is 1.75 bits per heavy atom. The minimum absolute atomic E-state index is 0.456. The molecule has 4 nitrogen and oxygen atoms in total. The van der Waals surface area contributed by atoms with Gasteiger partial charge in [-0.25, -0.2) is 5.48 Å². The number of nitrogens with zero attached hydrogens (tertiary/aromatic N) is 1. The van der Waals surface area contributed by atoms with Gasteiger partial charge in [-0.2, -0.15) is 0 Å². The van der Waals surface area contributed by atoms with Gasteiger partial charge in [-0.1, -0.05) is 30.3 Å². The lowest BCUT2D eigenvalue weighted by molar-refractivity contribution is -0.131. The van der Waals surface area contributed by atoms with Gasteiger partial charge >= 0.3 is 0 Å².